The van der Waals surface area contributed by atoms with Crippen molar-refractivity contribution in [3.05, 3.63) is 20.8 Å². The molecule has 0 fully saturated rings. The highest BCUT2D eigenvalue weighted by molar-refractivity contribution is 7.18. The normalized spacial score (nSPS) is 19.1. The van der Waals surface area contributed by atoms with Crippen LogP contribution in [-0.4, -0.2) is 28.1 Å². The number of ether oxygens (including phenoxy) is 1. The van der Waals surface area contributed by atoms with Crippen molar-refractivity contribution in [1.82, 2.24) is 15.0 Å². The van der Waals surface area contributed by atoms with Crippen molar-refractivity contribution in [1.29, 1.82) is 0 Å². The number of rotatable bonds is 2. The lowest BCUT2D eigenvalue weighted by molar-refractivity contribution is -0.144. The lowest BCUT2D eigenvalue weighted by atomic mass is 9.72. The number of aryl methyl sites for hydroxylation is 1. The second kappa shape index (κ2) is 5.95. The van der Waals surface area contributed by atoms with Crippen LogP contribution in [0.15, 0.2) is 4.79 Å². The van der Waals surface area contributed by atoms with Gasteiger partial charge < -0.3 is 4.74 Å². The quantitative estimate of drug-likeness (QED) is 0.780. The van der Waals surface area contributed by atoms with Gasteiger partial charge in [-0.3, -0.25) is 4.79 Å². The summed E-state index contributed by atoms with van der Waals surface area (Å²) in [6.07, 6.45) is 2.92. The van der Waals surface area contributed by atoms with Crippen LogP contribution in [-0.2, 0) is 22.4 Å². The number of esters is 1. The zero-order valence-electron chi connectivity index (χ0n) is 14.8. The van der Waals surface area contributed by atoms with Crippen LogP contribution >= 0.6 is 11.3 Å². The average molecular weight is 349 g/mol. The van der Waals surface area contributed by atoms with Crippen LogP contribution in [0.3, 0.4) is 0 Å². The SMILES string of the molecule is COC(=O)[C@@H](C)n1nnc2sc3c(c2c1=O)CC[C@H](C(C)(C)C)C3. The molecule has 1 aliphatic rings. The molecule has 0 radical (unpaired) electrons. The number of carbonyl (C=O) groups is 1. The number of hydrogen-bond donors (Lipinski definition) is 0. The van der Waals surface area contributed by atoms with E-state index in [0.29, 0.717) is 16.1 Å². The number of hydrogen-bond acceptors (Lipinski definition) is 6. The monoisotopic (exact) mass is 349 g/mol. The van der Waals surface area contributed by atoms with Crippen molar-refractivity contribution in [2.75, 3.05) is 7.11 Å². The third kappa shape index (κ3) is 2.75. The number of aromatic nitrogens is 3. The molecule has 0 aromatic carbocycles. The lowest BCUT2D eigenvalue weighted by Crippen LogP contribution is -2.32. The first-order chi connectivity index (χ1) is 11.2. The molecule has 2 heterocycles. The Morgan fingerprint density at radius 2 is 2.12 bits per heavy atom. The second-order valence-electron chi connectivity index (χ2n) is 7.53. The fraction of sp³-hybridized carbons (Fsp3) is 0.647. The van der Waals surface area contributed by atoms with Gasteiger partial charge in [-0.15, -0.1) is 16.4 Å². The van der Waals surface area contributed by atoms with Gasteiger partial charge in [0, 0.05) is 4.88 Å². The summed E-state index contributed by atoms with van der Waals surface area (Å²) in [6, 6.07) is -0.777. The minimum Gasteiger partial charge on any atom is -0.467 e. The van der Waals surface area contributed by atoms with Crippen LogP contribution in [0.25, 0.3) is 10.2 Å². The Bertz CT molecular complexity index is 847. The first kappa shape index (κ1) is 17.1. The summed E-state index contributed by atoms with van der Waals surface area (Å²) in [5.74, 6) is 0.102. The molecular weight excluding hydrogens is 326 g/mol. The summed E-state index contributed by atoms with van der Waals surface area (Å²) in [5, 5.41) is 8.78. The molecular formula is C17H23N3O3S. The Hall–Kier alpha value is -1.76. The van der Waals surface area contributed by atoms with Crippen LogP contribution in [0, 0.1) is 11.3 Å². The van der Waals surface area contributed by atoms with Crippen molar-refractivity contribution in [3.8, 4) is 0 Å². The van der Waals surface area contributed by atoms with Gasteiger partial charge in [-0.2, -0.15) is 4.68 Å². The van der Waals surface area contributed by atoms with Crippen LogP contribution in [0.2, 0.25) is 0 Å². The molecule has 6 nitrogen and oxygen atoms in total. The molecule has 0 saturated heterocycles. The van der Waals surface area contributed by atoms with E-state index in [0.717, 1.165) is 29.5 Å². The van der Waals surface area contributed by atoms with Crippen molar-refractivity contribution in [2.24, 2.45) is 11.3 Å². The fourth-order valence-corrected chi connectivity index (χ4v) is 4.60. The summed E-state index contributed by atoms with van der Waals surface area (Å²) >= 11 is 1.57. The largest absolute Gasteiger partial charge is 0.467 e. The van der Waals surface area contributed by atoms with Crippen LogP contribution in [0.5, 0.6) is 0 Å². The predicted molar refractivity (Wildman–Crippen MR) is 93.4 cm³/mol. The number of thiophene rings is 1. The van der Waals surface area contributed by atoms with Gasteiger partial charge in [-0.1, -0.05) is 26.0 Å². The van der Waals surface area contributed by atoms with Gasteiger partial charge in [-0.05, 0) is 43.1 Å². The summed E-state index contributed by atoms with van der Waals surface area (Å²) < 4.78 is 5.85. The zero-order valence-corrected chi connectivity index (χ0v) is 15.6. The fourth-order valence-electron chi connectivity index (χ4n) is 3.37. The molecule has 0 N–H and O–H groups in total. The summed E-state index contributed by atoms with van der Waals surface area (Å²) in [5.41, 5.74) is 1.10. The number of methoxy groups -OCH3 is 1. The Morgan fingerprint density at radius 1 is 1.42 bits per heavy atom. The van der Waals surface area contributed by atoms with E-state index >= 15 is 0 Å². The molecule has 2 aromatic heterocycles. The van der Waals surface area contributed by atoms with Crippen molar-refractivity contribution in [3.63, 3.8) is 0 Å². The molecule has 7 heteroatoms. The van der Waals surface area contributed by atoms with Crippen molar-refractivity contribution >= 4 is 27.5 Å². The van der Waals surface area contributed by atoms with Gasteiger partial charge in [0.1, 0.15) is 0 Å². The van der Waals surface area contributed by atoms with E-state index in [2.05, 4.69) is 31.1 Å². The number of carbonyl (C=O) groups excluding carboxylic acids is 1. The molecule has 130 valence electrons. The highest BCUT2D eigenvalue weighted by Gasteiger charge is 2.32. The second-order valence-corrected chi connectivity index (χ2v) is 8.61. The van der Waals surface area contributed by atoms with Crippen molar-refractivity contribution in [2.45, 2.75) is 53.0 Å². The Morgan fingerprint density at radius 3 is 2.75 bits per heavy atom. The third-order valence-electron chi connectivity index (χ3n) is 5.03. The molecule has 0 bridgehead atoms. The predicted octanol–water partition coefficient (Wildman–Crippen LogP) is 2.74. The van der Waals surface area contributed by atoms with Gasteiger partial charge in [0.15, 0.2) is 10.9 Å². The molecule has 0 spiro atoms. The van der Waals surface area contributed by atoms with E-state index in [1.165, 1.54) is 12.0 Å². The van der Waals surface area contributed by atoms with Gasteiger partial charge in [0.2, 0.25) is 0 Å². The Kier molecular flexibility index (Phi) is 4.23. The van der Waals surface area contributed by atoms with Crippen LogP contribution in [0.4, 0.5) is 0 Å². The first-order valence-corrected chi connectivity index (χ1v) is 9.03. The summed E-state index contributed by atoms with van der Waals surface area (Å²) in [4.78, 5) is 26.5. The number of fused-ring (bicyclic) bond motifs is 3. The molecule has 2 atom stereocenters. The molecule has 2 aromatic rings. The van der Waals surface area contributed by atoms with E-state index in [1.54, 1.807) is 18.3 Å². The third-order valence-corrected chi connectivity index (χ3v) is 6.17. The van der Waals surface area contributed by atoms with E-state index in [4.69, 9.17) is 4.74 Å². The molecule has 3 rings (SSSR count). The minimum atomic E-state index is -0.777. The summed E-state index contributed by atoms with van der Waals surface area (Å²) in [7, 11) is 1.30. The Labute approximate surface area is 144 Å². The van der Waals surface area contributed by atoms with Crippen LogP contribution < -0.4 is 5.56 Å². The molecule has 0 aliphatic heterocycles. The maximum Gasteiger partial charge on any atom is 0.330 e. The van der Waals surface area contributed by atoms with E-state index in [-0.39, 0.29) is 11.0 Å². The van der Waals surface area contributed by atoms with Gasteiger partial charge in [-0.25, -0.2) is 4.79 Å². The highest BCUT2D eigenvalue weighted by atomic mass is 32.1. The van der Waals surface area contributed by atoms with E-state index in [9.17, 15) is 9.59 Å². The highest BCUT2D eigenvalue weighted by Crippen LogP contribution is 2.41. The standard InChI is InChI=1S/C17H23N3O3S/c1-9(16(22)23-5)20-15(21)13-11-7-6-10(17(2,3)4)8-12(11)24-14(13)18-19-20/h9-10H,6-8H2,1-5H3/t9-,10+/m1/s1. The van der Waals surface area contributed by atoms with Gasteiger partial charge in [0.05, 0.1) is 12.5 Å². The van der Waals surface area contributed by atoms with Gasteiger partial charge in [0.25, 0.3) is 5.56 Å². The summed E-state index contributed by atoms with van der Waals surface area (Å²) in [6.45, 7) is 8.39. The Balaban J connectivity index is 2.08. The molecule has 0 saturated carbocycles. The molecule has 24 heavy (non-hydrogen) atoms. The topological polar surface area (TPSA) is 74.1 Å². The minimum absolute atomic E-state index is 0.246. The van der Waals surface area contributed by atoms with Gasteiger partial charge >= 0.3 is 5.97 Å². The van der Waals surface area contributed by atoms with Crippen molar-refractivity contribution < 1.29 is 9.53 Å². The maximum absolute atomic E-state index is 12.9. The van der Waals surface area contributed by atoms with E-state index in [1.807, 2.05) is 0 Å². The lowest BCUT2D eigenvalue weighted by Gasteiger charge is -2.33. The van der Waals surface area contributed by atoms with Crippen LogP contribution in [0.1, 0.15) is 50.6 Å². The molecule has 0 unspecified atom stereocenters. The first-order valence-electron chi connectivity index (χ1n) is 8.21. The average Bonchev–Trinajstić information content (AvgIpc) is 2.91. The zero-order chi connectivity index (χ0) is 17.6. The maximum atomic E-state index is 12.9. The molecule has 0 amide bonds. The van der Waals surface area contributed by atoms with E-state index < -0.39 is 12.0 Å². The number of nitrogens with zero attached hydrogens (tertiary/aromatic N) is 3. The smallest absolute Gasteiger partial charge is 0.330 e. The molecule has 1 aliphatic carbocycles.